The Labute approximate surface area is 153 Å². The van der Waals surface area contributed by atoms with Crippen molar-refractivity contribution in [2.24, 2.45) is 20.5 Å². The summed E-state index contributed by atoms with van der Waals surface area (Å²) in [5.41, 5.74) is 3.40. The molecule has 0 saturated heterocycles. The molecule has 0 spiro atoms. The van der Waals surface area contributed by atoms with E-state index in [0.717, 1.165) is 22.8 Å². The smallest absolute Gasteiger partial charge is 0.110 e. The fraction of sp³-hybridized carbons (Fsp3) is 0.190. The molecule has 26 heavy (non-hydrogen) atoms. The minimum absolute atomic E-state index is 0.131. The first kappa shape index (κ1) is 17.6. The third-order valence-electron chi connectivity index (χ3n) is 3.85. The molecule has 0 bridgehead atoms. The first-order valence-corrected chi connectivity index (χ1v) is 8.61. The molecule has 5 nitrogen and oxygen atoms in total. The Morgan fingerprint density at radius 1 is 0.577 bits per heavy atom. The first-order chi connectivity index (χ1) is 12.7. The Hall–Kier alpha value is -3.21. The van der Waals surface area contributed by atoms with E-state index >= 15 is 0 Å². The lowest BCUT2D eigenvalue weighted by Gasteiger charge is -2.09. The van der Waals surface area contributed by atoms with Crippen molar-refractivity contribution in [2.45, 2.75) is 25.9 Å². The van der Waals surface area contributed by atoms with E-state index in [4.69, 9.17) is 0 Å². The standard InChI is InChI=1S/C21H21N5/c1-16(23-25-18-10-5-3-6-11-18)20-14-9-15-21(22-20)17(2)24-26-19-12-7-4-8-13-19/h3-17H,1-2H3. The molecule has 3 rings (SSSR count). The largest absolute Gasteiger partial charge is 0.253 e. The van der Waals surface area contributed by atoms with E-state index in [1.165, 1.54) is 0 Å². The summed E-state index contributed by atoms with van der Waals surface area (Å²) in [4.78, 5) is 4.69. The molecule has 0 aliphatic heterocycles. The number of hydrogen-bond donors (Lipinski definition) is 0. The maximum Gasteiger partial charge on any atom is 0.110 e. The zero-order valence-corrected chi connectivity index (χ0v) is 14.9. The summed E-state index contributed by atoms with van der Waals surface area (Å²) in [6.45, 7) is 3.96. The van der Waals surface area contributed by atoms with Crippen LogP contribution in [0.3, 0.4) is 0 Å². The average Bonchev–Trinajstić information content (AvgIpc) is 2.72. The Morgan fingerprint density at radius 2 is 1.00 bits per heavy atom. The second kappa shape index (κ2) is 8.76. The summed E-state index contributed by atoms with van der Waals surface area (Å²) in [7, 11) is 0. The summed E-state index contributed by atoms with van der Waals surface area (Å²) < 4.78 is 0. The van der Waals surface area contributed by atoms with Gasteiger partial charge in [0, 0.05) is 0 Å². The SMILES string of the molecule is CC(N=Nc1ccccc1)c1cccc(C(C)N=Nc2ccccc2)n1. The summed E-state index contributed by atoms with van der Waals surface area (Å²) in [5, 5.41) is 17.3. The molecule has 2 atom stereocenters. The highest BCUT2D eigenvalue weighted by atomic mass is 15.1. The van der Waals surface area contributed by atoms with Gasteiger partial charge in [-0.1, -0.05) is 42.5 Å². The van der Waals surface area contributed by atoms with E-state index in [1.54, 1.807) is 0 Å². The topological polar surface area (TPSA) is 62.3 Å². The maximum atomic E-state index is 4.69. The molecule has 2 unspecified atom stereocenters. The summed E-state index contributed by atoms with van der Waals surface area (Å²) in [5.74, 6) is 0. The van der Waals surface area contributed by atoms with Crippen molar-refractivity contribution in [1.29, 1.82) is 0 Å². The zero-order valence-electron chi connectivity index (χ0n) is 14.9. The highest BCUT2D eigenvalue weighted by molar-refractivity contribution is 5.35. The lowest BCUT2D eigenvalue weighted by Crippen LogP contribution is -1.99. The molecular formula is C21H21N5. The van der Waals surface area contributed by atoms with Crippen LogP contribution < -0.4 is 0 Å². The van der Waals surface area contributed by atoms with Gasteiger partial charge in [0.1, 0.15) is 12.1 Å². The molecule has 3 aromatic rings. The van der Waals surface area contributed by atoms with Crippen LogP contribution in [0.1, 0.15) is 37.3 Å². The van der Waals surface area contributed by atoms with Gasteiger partial charge in [-0.25, -0.2) is 0 Å². The van der Waals surface area contributed by atoms with Crippen LogP contribution in [0.25, 0.3) is 0 Å². The van der Waals surface area contributed by atoms with Gasteiger partial charge in [0.2, 0.25) is 0 Å². The Balaban J connectivity index is 1.71. The lowest BCUT2D eigenvalue weighted by molar-refractivity contribution is 0.691. The molecule has 0 aliphatic rings. The van der Waals surface area contributed by atoms with Gasteiger partial charge in [0.25, 0.3) is 0 Å². The van der Waals surface area contributed by atoms with Crippen LogP contribution in [0.5, 0.6) is 0 Å². The van der Waals surface area contributed by atoms with Gasteiger partial charge in [0.15, 0.2) is 0 Å². The Bertz CT molecular complexity index is 804. The Morgan fingerprint density at radius 3 is 1.42 bits per heavy atom. The molecule has 0 saturated carbocycles. The van der Waals surface area contributed by atoms with Crippen molar-refractivity contribution in [3.8, 4) is 0 Å². The van der Waals surface area contributed by atoms with E-state index in [1.807, 2.05) is 92.7 Å². The van der Waals surface area contributed by atoms with E-state index in [9.17, 15) is 0 Å². The van der Waals surface area contributed by atoms with Crippen LogP contribution in [0.4, 0.5) is 11.4 Å². The molecule has 1 heterocycles. The molecular weight excluding hydrogens is 322 g/mol. The van der Waals surface area contributed by atoms with Crippen molar-refractivity contribution in [1.82, 2.24) is 4.98 Å². The fourth-order valence-corrected chi connectivity index (χ4v) is 2.35. The summed E-state index contributed by atoms with van der Waals surface area (Å²) >= 11 is 0. The third-order valence-corrected chi connectivity index (χ3v) is 3.85. The highest BCUT2D eigenvalue weighted by Gasteiger charge is 2.10. The van der Waals surface area contributed by atoms with Crippen LogP contribution in [-0.2, 0) is 0 Å². The van der Waals surface area contributed by atoms with Gasteiger partial charge >= 0.3 is 0 Å². The van der Waals surface area contributed by atoms with Gasteiger partial charge < -0.3 is 0 Å². The Kier molecular flexibility index (Phi) is 5.93. The maximum absolute atomic E-state index is 4.69. The van der Waals surface area contributed by atoms with Gasteiger partial charge in [-0.2, -0.15) is 20.5 Å². The average molecular weight is 343 g/mol. The predicted molar refractivity (Wildman–Crippen MR) is 103 cm³/mol. The second-order valence-corrected chi connectivity index (χ2v) is 5.94. The molecule has 1 aromatic heterocycles. The molecule has 0 fully saturated rings. The number of pyridine rings is 1. The number of benzene rings is 2. The van der Waals surface area contributed by atoms with Gasteiger partial charge in [-0.15, -0.1) is 0 Å². The van der Waals surface area contributed by atoms with E-state index in [-0.39, 0.29) is 12.1 Å². The van der Waals surface area contributed by atoms with Crippen LogP contribution in [0.2, 0.25) is 0 Å². The number of rotatable bonds is 6. The van der Waals surface area contributed by atoms with Gasteiger partial charge in [-0.05, 0) is 50.2 Å². The number of azo groups is 2. The minimum atomic E-state index is -0.131. The quantitative estimate of drug-likeness (QED) is 0.455. The van der Waals surface area contributed by atoms with Crippen molar-refractivity contribution in [2.75, 3.05) is 0 Å². The molecule has 2 aromatic carbocycles. The third kappa shape index (κ3) is 4.89. The van der Waals surface area contributed by atoms with Crippen molar-refractivity contribution in [3.05, 3.63) is 90.3 Å². The molecule has 130 valence electrons. The van der Waals surface area contributed by atoms with Crippen molar-refractivity contribution in [3.63, 3.8) is 0 Å². The normalized spacial score (nSPS) is 13.9. The van der Waals surface area contributed by atoms with E-state index in [2.05, 4.69) is 25.4 Å². The first-order valence-electron chi connectivity index (χ1n) is 8.61. The number of nitrogens with zero attached hydrogens (tertiary/aromatic N) is 5. The van der Waals surface area contributed by atoms with E-state index < -0.39 is 0 Å². The number of hydrogen-bond acceptors (Lipinski definition) is 5. The summed E-state index contributed by atoms with van der Waals surface area (Å²) in [6, 6.07) is 25.0. The zero-order chi connectivity index (χ0) is 18.2. The van der Waals surface area contributed by atoms with Crippen LogP contribution in [0, 0.1) is 0 Å². The molecule has 0 radical (unpaired) electrons. The summed E-state index contributed by atoms with van der Waals surface area (Å²) in [6.07, 6.45) is 0. The van der Waals surface area contributed by atoms with Crippen LogP contribution in [0.15, 0.2) is 99.3 Å². The molecule has 0 amide bonds. The minimum Gasteiger partial charge on any atom is -0.253 e. The van der Waals surface area contributed by atoms with Crippen LogP contribution in [-0.4, -0.2) is 4.98 Å². The molecule has 0 aliphatic carbocycles. The lowest BCUT2D eigenvalue weighted by atomic mass is 10.1. The molecule has 0 N–H and O–H groups in total. The van der Waals surface area contributed by atoms with Gasteiger partial charge in [0.05, 0.1) is 22.8 Å². The fourth-order valence-electron chi connectivity index (χ4n) is 2.35. The predicted octanol–water partition coefficient (Wildman–Crippen LogP) is 6.77. The second-order valence-electron chi connectivity index (χ2n) is 5.94. The van der Waals surface area contributed by atoms with Crippen molar-refractivity contribution < 1.29 is 0 Å². The van der Waals surface area contributed by atoms with E-state index in [0.29, 0.717) is 0 Å². The van der Waals surface area contributed by atoms with Gasteiger partial charge in [-0.3, -0.25) is 4.98 Å². The monoisotopic (exact) mass is 343 g/mol. The molecule has 5 heteroatoms. The number of aromatic nitrogens is 1. The highest BCUT2D eigenvalue weighted by Crippen LogP contribution is 2.23. The van der Waals surface area contributed by atoms with Crippen molar-refractivity contribution >= 4 is 11.4 Å². The van der Waals surface area contributed by atoms with Crippen LogP contribution >= 0.6 is 0 Å².